The van der Waals surface area contributed by atoms with Crippen LogP contribution >= 0.6 is 0 Å². The molecule has 4 nitrogen and oxygen atoms in total. The van der Waals surface area contributed by atoms with Crippen molar-refractivity contribution < 1.29 is 14.6 Å². The maximum absolute atomic E-state index is 10.8. The summed E-state index contributed by atoms with van der Waals surface area (Å²) in [7, 11) is 3.29. The van der Waals surface area contributed by atoms with E-state index >= 15 is 0 Å². The average Bonchev–Trinajstić information content (AvgIpc) is 2.81. The van der Waals surface area contributed by atoms with Gasteiger partial charge < -0.3 is 14.6 Å². The number of hydrogen-bond acceptors (Lipinski definition) is 4. The molecule has 0 heterocycles. The van der Waals surface area contributed by atoms with E-state index in [1.54, 1.807) is 20.3 Å². The topological polar surface area (TPSA) is 51.0 Å². The lowest BCUT2D eigenvalue weighted by Crippen LogP contribution is -2.01. The van der Waals surface area contributed by atoms with Crippen LogP contribution < -0.4 is 9.47 Å². The molecular weight excluding hydrogens is 374 g/mol. The van der Waals surface area contributed by atoms with Crippen molar-refractivity contribution in [2.24, 2.45) is 4.99 Å². The number of nitrogens with zero attached hydrogens (tertiary/aromatic N) is 1. The first-order valence-corrected chi connectivity index (χ1v) is 9.71. The van der Waals surface area contributed by atoms with E-state index in [0.29, 0.717) is 0 Å². The van der Waals surface area contributed by atoms with Gasteiger partial charge in [0.25, 0.3) is 0 Å². The summed E-state index contributed by atoms with van der Waals surface area (Å²) in [5.41, 5.74) is 2.70. The lowest BCUT2D eigenvalue weighted by atomic mass is 9.93. The quantitative estimate of drug-likeness (QED) is 0.420. The predicted octanol–water partition coefficient (Wildman–Crippen LogP) is 5.77. The molecule has 4 aromatic carbocycles. The highest BCUT2D eigenvalue weighted by Gasteiger charge is 2.19. The minimum atomic E-state index is -0.371. The summed E-state index contributed by atoms with van der Waals surface area (Å²) < 4.78 is 10.5. The Balaban J connectivity index is 1.83. The number of aromatic hydroxyl groups is 1. The molecule has 0 saturated carbocycles. The van der Waals surface area contributed by atoms with Gasteiger partial charge in [-0.25, -0.2) is 0 Å². The van der Waals surface area contributed by atoms with Gasteiger partial charge in [-0.05, 0) is 64.4 Å². The molecule has 1 atom stereocenters. The molecule has 0 aliphatic rings. The Morgan fingerprint density at radius 3 is 2.07 bits per heavy atom. The number of fused-ring (bicyclic) bond motifs is 1. The molecule has 1 unspecified atom stereocenters. The van der Waals surface area contributed by atoms with E-state index in [4.69, 9.17) is 14.5 Å². The zero-order valence-corrected chi connectivity index (χ0v) is 16.9. The number of rotatable bonds is 6. The molecule has 0 spiro atoms. The largest absolute Gasteiger partial charge is 0.508 e. The Morgan fingerprint density at radius 1 is 0.767 bits per heavy atom. The van der Waals surface area contributed by atoms with Crippen molar-refractivity contribution in [3.63, 3.8) is 0 Å². The number of methoxy groups -OCH3 is 2. The second-order valence-corrected chi connectivity index (χ2v) is 6.95. The van der Waals surface area contributed by atoms with Gasteiger partial charge >= 0.3 is 0 Å². The molecular formula is C26H23NO3. The van der Waals surface area contributed by atoms with E-state index in [1.807, 2.05) is 85.1 Å². The fourth-order valence-electron chi connectivity index (χ4n) is 3.54. The summed E-state index contributed by atoms with van der Waals surface area (Å²) in [6.07, 6.45) is 1.83. The third-order valence-electron chi connectivity index (χ3n) is 5.14. The summed E-state index contributed by atoms with van der Waals surface area (Å²) in [5, 5.41) is 12.8. The van der Waals surface area contributed by atoms with Crippen LogP contribution in [-0.2, 0) is 0 Å². The third-order valence-corrected chi connectivity index (χ3v) is 5.14. The van der Waals surface area contributed by atoms with Crippen LogP contribution in [0.3, 0.4) is 0 Å². The molecule has 1 N–H and O–H groups in total. The Labute approximate surface area is 176 Å². The molecule has 0 amide bonds. The van der Waals surface area contributed by atoms with E-state index in [-0.39, 0.29) is 11.8 Å². The standard InChI is InChI=1S/C26H23NO3/c1-29-21-12-7-18(8-13-21)17-27-26(20-9-14-22(30-2)15-10-20)25-23-6-4-3-5-19(23)11-16-24(25)28/h3-17,26,28H,1-2H3. The third kappa shape index (κ3) is 3.98. The van der Waals surface area contributed by atoms with E-state index in [2.05, 4.69) is 0 Å². The fourth-order valence-corrected chi connectivity index (χ4v) is 3.54. The van der Waals surface area contributed by atoms with Crippen molar-refractivity contribution in [1.29, 1.82) is 0 Å². The first-order chi connectivity index (χ1) is 14.7. The first kappa shape index (κ1) is 19.5. The summed E-state index contributed by atoms with van der Waals surface area (Å²) in [6.45, 7) is 0. The van der Waals surface area contributed by atoms with Crippen molar-refractivity contribution in [2.45, 2.75) is 6.04 Å². The summed E-state index contributed by atoms with van der Waals surface area (Å²) >= 11 is 0. The Morgan fingerprint density at radius 2 is 1.40 bits per heavy atom. The molecule has 0 saturated heterocycles. The van der Waals surface area contributed by atoms with Crippen LogP contribution in [0.1, 0.15) is 22.7 Å². The Kier molecular flexibility index (Phi) is 5.66. The van der Waals surface area contributed by atoms with Gasteiger partial charge in [-0.1, -0.05) is 42.5 Å². The molecule has 0 aliphatic carbocycles. The lowest BCUT2D eigenvalue weighted by Gasteiger charge is -2.18. The smallest absolute Gasteiger partial charge is 0.121 e. The summed E-state index contributed by atoms with van der Waals surface area (Å²) in [4.78, 5) is 4.89. The van der Waals surface area contributed by atoms with Gasteiger partial charge in [0.1, 0.15) is 23.3 Å². The van der Waals surface area contributed by atoms with Crippen molar-refractivity contribution in [3.8, 4) is 17.2 Å². The van der Waals surface area contributed by atoms with Crippen molar-refractivity contribution in [1.82, 2.24) is 0 Å². The van der Waals surface area contributed by atoms with Crippen molar-refractivity contribution >= 4 is 17.0 Å². The van der Waals surface area contributed by atoms with Crippen LogP contribution in [-0.4, -0.2) is 25.5 Å². The first-order valence-electron chi connectivity index (χ1n) is 9.71. The van der Waals surface area contributed by atoms with Gasteiger partial charge in [0, 0.05) is 11.8 Å². The minimum absolute atomic E-state index is 0.224. The predicted molar refractivity (Wildman–Crippen MR) is 121 cm³/mol. The van der Waals surface area contributed by atoms with Crippen LogP contribution in [0.2, 0.25) is 0 Å². The molecule has 30 heavy (non-hydrogen) atoms. The molecule has 0 bridgehead atoms. The zero-order valence-electron chi connectivity index (χ0n) is 16.9. The molecule has 4 heteroatoms. The van der Waals surface area contributed by atoms with Crippen molar-refractivity contribution in [2.75, 3.05) is 14.2 Å². The van der Waals surface area contributed by atoms with E-state index < -0.39 is 0 Å². The van der Waals surface area contributed by atoms with Crippen LogP contribution in [0, 0.1) is 0 Å². The maximum atomic E-state index is 10.8. The second-order valence-electron chi connectivity index (χ2n) is 6.95. The molecule has 0 aliphatic heterocycles. The van der Waals surface area contributed by atoms with Gasteiger partial charge in [-0.2, -0.15) is 0 Å². The monoisotopic (exact) mass is 397 g/mol. The van der Waals surface area contributed by atoms with Gasteiger partial charge in [-0.3, -0.25) is 4.99 Å². The highest BCUT2D eigenvalue weighted by Crippen LogP contribution is 2.38. The number of ether oxygens (including phenoxy) is 2. The minimum Gasteiger partial charge on any atom is -0.508 e. The molecule has 0 aromatic heterocycles. The maximum Gasteiger partial charge on any atom is 0.121 e. The highest BCUT2D eigenvalue weighted by atomic mass is 16.5. The molecule has 4 aromatic rings. The van der Waals surface area contributed by atoms with Crippen LogP contribution in [0.5, 0.6) is 17.2 Å². The number of phenols is 1. The lowest BCUT2D eigenvalue weighted by molar-refractivity contribution is 0.414. The molecule has 0 fully saturated rings. The van der Waals surface area contributed by atoms with Gasteiger partial charge in [0.05, 0.1) is 14.2 Å². The van der Waals surface area contributed by atoms with E-state index in [9.17, 15) is 5.11 Å². The van der Waals surface area contributed by atoms with Gasteiger partial charge in [-0.15, -0.1) is 0 Å². The van der Waals surface area contributed by atoms with Crippen LogP contribution in [0.25, 0.3) is 10.8 Å². The molecule has 0 radical (unpaired) electrons. The average molecular weight is 397 g/mol. The van der Waals surface area contributed by atoms with Gasteiger partial charge in [0.15, 0.2) is 0 Å². The summed E-state index contributed by atoms with van der Waals surface area (Å²) in [5.74, 6) is 1.80. The van der Waals surface area contributed by atoms with Crippen LogP contribution in [0.15, 0.2) is 89.9 Å². The van der Waals surface area contributed by atoms with Crippen LogP contribution in [0.4, 0.5) is 0 Å². The number of benzene rings is 4. The molecule has 150 valence electrons. The molecule has 4 rings (SSSR count). The number of aliphatic imine (C=N–C) groups is 1. The number of phenolic OH excluding ortho intramolecular Hbond substituents is 1. The highest BCUT2D eigenvalue weighted by molar-refractivity contribution is 5.89. The number of hydrogen-bond donors (Lipinski definition) is 1. The fraction of sp³-hybridized carbons (Fsp3) is 0.115. The Hall–Kier alpha value is -3.79. The second kappa shape index (κ2) is 8.70. The van der Waals surface area contributed by atoms with E-state index in [1.165, 1.54) is 0 Å². The summed E-state index contributed by atoms with van der Waals surface area (Å²) in [6, 6.07) is 26.8. The van der Waals surface area contributed by atoms with E-state index in [0.717, 1.165) is 39.0 Å². The zero-order chi connectivity index (χ0) is 20.9. The normalized spacial score (nSPS) is 12.2. The Bertz CT molecular complexity index is 1170. The van der Waals surface area contributed by atoms with Crippen molar-refractivity contribution in [3.05, 3.63) is 102 Å². The SMILES string of the molecule is COc1ccc(C=NC(c2ccc(OC)cc2)c2c(O)ccc3ccccc23)cc1. The van der Waals surface area contributed by atoms with Gasteiger partial charge in [0.2, 0.25) is 0 Å².